The van der Waals surface area contributed by atoms with Crippen LogP contribution in [0, 0.1) is 0 Å². The largest absolute Gasteiger partial charge is 0.336 e. The van der Waals surface area contributed by atoms with Crippen molar-refractivity contribution in [2.24, 2.45) is 5.73 Å². The molecule has 0 spiro atoms. The Balaban J connectivity index is 0.00000242. The fourth-order valence-electron chi connectivity index (χ4n) is 2.93. The van der Waals surface area contributed by atoms with E-state index in [-0.39, 0.29) is 30.4 Å². The lowest BCUT2D eigenvalue weighted by atomic mass is 10.00. The van der Waals surface area contributed by atoms with Crippen molar-refractivity contribution < 1.29 is 4.79 Å². The van der Waals surface area contributed by atoms with Gasteiger partial charge in [-0.25, -0.2) is 0 Å². The quantitative estimate of drug-likeness (QED) is 0.883. The lowest BCUT2D eigenvalue weighted by Crippen LogP contribution is -2.35. The van der Waals surface area contributed by atoms with E-state index < -0.39 is 0 Å². The fourth-order valence-corrected chi connectivity index (χ4v) is 3.06. The first kappa shape index (κ1) is 19.3. The molecule has 5 heteroatoms. The maximum absolute atomic E-state index is 12.6. The second-order valence-electron chi connectivity index (χ2n) is 6.02. The van der Waals surface area contributed by atoms with E-state index in [1.54, 1.807) is 0 Å². The van der Waals surface area contributed by atoms with Gasteiger partial charge in [0.15, 0.2) is 0 Å². The minimum atomic E-state index is 0. The van der Waals surface area contributed by atoms with Crippen LogP contribution in [-0.2, 0) is 4.79 Å². The fraction of sp³-hybridized carbons (Fsp3) is 0.588. The van der Waals surface area contributed by atoms with Crippen molar-refractivity contribution in [1.29, 1.82) is 0 Å². The number of rotatable bonds is 4. The standard InChI is InChI=1S/C17H25ClN2O.ClH/c1-13(19)6-11-17(21)20-12-4-2-3-5-16(20)14-7-9-15(18)10-8-14;/h7-10,13,16H,2-6,11-12,19H2,1H3;1H. The topological polar surface area (TPSA) is 46.3 Å². The monoisotopic (exact) mass is 344 g/mol. The highest BCUT2D eigenvalue weighted by Crippen LogP contribution is 2.31. The SMILES string of the molecule is CC(N)CCC(=O)N1CCCCCC1c1ccc(Cl)cc1.Cl. The molecular weight excluding hydrogens is 319 g/mol. The summed E-state index contributed by atoms with van der Waals surface area (Å²) in [5.74, 6) is 0.231. The lowest BCUT2D eigenvalue weighted by molar-refractivity contribution is -0.133. The van der Waals surface area contributed by atoms with E-state index in [0.717, 1.165) is 30.8 Å². The molecule has 1 amide bonds. The molecule has 2 atom stereocenters. The van der Waals surface area contributed by atoms with Crippen molar-refractivity contribution in [3.05, 3.63) is 34.9 Å². The highest BCUT2D eigenvalue weighted by molar-refractivity contribution is 6.30. The minimum Gasteiger partial charge on any atom is -0.336 e. The number of amides is 1. The summed E-state index contributed by atoms with van der Waals surface area (Å²) < 4.78 is 0. The van der Waals surface area contributed by atoms with Gasteiger partial charge >= 0.3 is 0 Å². The van der Waals surface area contributed by atoms with Gasteiger partial charge in [-0.1, -0.05) is 36.6 Å². The number of carbonyl (C=O) groups excluding carboxylic acids is 1. The molecule has 1 saturated heterocycles. The summed E-state index contributed by atoms with van der Waals surface area (Å²) in [5.41, 5.74) is 6.97. The van der Waals surface area contributed by atoms with Crippen molar-refractivity contribution in [3.63, 3.8) is 0 Å². The predicted octanol–water partition coefficient (Wildman–Crippen LogP) is 4.33. The van der Waals surface area contributed by atoms with Crippen molar-refractivity contribution in [3.8, 4) is 0 Å². The molecule has 1 heterocycles. The van der Waals surface area contributed by atoms with Gasteiger partial charge in [-0.3, -0.25) is 4.79 Å². The van der Waals surface area contributed by atoms with Gasteiger partial charge < -0.3 is 10.6 Å². The summed E-state index contributed by atoms with van der Waals surface area (Å²) in [6.45, 7) is 2.80. The molecule has 2 unspecified atom stereocenters. The first-order valence-electron chi connectivity index (χ1n) is 7.88. The van der Waals surface area contributed by atoms with E-state index >= 15 is 0 Å². The Bertz CT molecular complexity index is 462. The van der Waals surface area contributed by atoms with Crippen molar-refractivity contribution in [2.75, 3.05) is 6.54 Å². The van der Waals surface area contributed by atoms with Gasteiger partial charge in [0.2, 0.25) is 5.91 Å². The summed E-state index contributed by atoms with van der Waals surface area (Å²) in [4.78, 5) is 14.6. The molecule has 0 aliphatic carbocycles. The van der Waals surface area contributed by atoms with Crippen molar-refractivity contribution in [2.45, 2.75) is 57.5 Å². The van der Waals surface area contributed by atoms with E-state index in [4.69, 9.17) is 17.3 Å². The lowest BCUT2D eigenvalue weighted by Gasteiger charge is -2.31. The number of nitrogens with zero attached hydrogens (tertiary/aromatic N) is 1. The normalized spacial score (nSPS) is 20.0. The van der Waals surface area contributed by atoms with Gasteiger partial charge in [0.25, 0.3) is 0 Å². The highest BCUT2D eigenvalue weighted by atomic mass is 35.5. The third-order valence-electron chi connectivity index (χ3n) is 4.14. The molecule has 1 aliphatic rings. The molecule has 2 N–H and O–H groups in total. The second kappa shape index (κ2) is 9.39. The molecule has 22 heavy (non-hydrogen) atoms. The third kappa shape index (κ3) is 5.45. The Labute approximate surface area is 144 Å². The molecular formula is C17H26Cl2N2O. The summed E-state index contributed by atoms with van der Waals surface area (Å²) in [6, 6.07) is 8.17. The molecule has 3 nitrogen and oxygen atoms in total. The molecule has 1 aromatic rings. The van der Waals surface area contributed by atoms with Crippen LogP contribution in [0.4, 0.5) is 0 Å². The maximum atomic E-state index is 12.6. The number of halogens is 2. The van der Waals surface area contributed by atoms with Crippen LogP contribution in [-0.4, -0.2) is 23.4 Å². The van der Waals surface area contributed by atoms with E-state index in [1.165, 1.54) is 18.4 Å². The first-order chi connectivity index (χ1) is 10.1. The molecule has 0 radical (unpaired) electrons. The number of carbonyl (C=O) groups is 1. The predicted molar refractivity (Wildman–Crippen MR) is 94.5 cm³/mol. The molecule has 1 fully saturated rings. The Morgan fingerprint density at radius 1 is 1.32 bits per heavy atom. The summed E-state index contributed by atoms with van der Waals surface area (Å²) in [7, 11) is 0. The zero-order valence-corrected chi connectivity index (χ0v) is 14.7. The minimum absolute atomic E-state index is 0. The molecule has 0 aromatic heterocycles. The molecule has 0 bridgehead atoms. The molecule has 124 valence electrons. The van der Waals surface area contributed by atoms with Crippen molar-refractivity contribution in [1.82, 2.24) is 4.90 Å². The average molecular weight is 345 g/mol. The van der Waals surface area contributed by atoms with Crippen LogP contribution in [0.1, 0.15) is 57.1 Å². The van der Waals surface area contributed by atoms with E-state index in [0.29, 0.717) is 6.42 Å². The van der Waals surface area contributed by atoms with Gasteiger partial charge in [-0.2, -0.15) is 0 Å². The number of hydrogen-bond acceptors (Lipinski definition) is 2. The van der Waals surface area contributed by atoms with Gasteiger partial charge in [-0.15, -0.1) is 12.4 Å². The van der Waals surface area contributed by atoms with Crippen LogP contribution in [0.5, 0.6) is 0 Å². The van der Waals surface area contributed by atoms with Crippen LogP contribution >= 0.6 is 24.0 Å². The third-order valence-corrected chi connectivity index (χ3v) is 4.39. The molecule has 1 aliphatic heterocycles. The molecule has 1 aromatic carbocycles. The summed E-state index contributed by atoms with van der Waals surface area (Å²) in [6.07, 6.45) is 5.79. The second-order valence-corrected chi connectivity index (χ2v) is 6.46. The van der Waals surface area contributed by atoms with Crippen LogP contribution in [0.2, 0.25) is 5.02 Å². The van der Waals surface area contributed by atoms with Gasteiger partial charge in [-0.05, 0) is 43.9 Å². The highest BCUT2D eigenvalue weighted by Gasteiger charge is 2.26. The van der Waals surface area contributed by atoms with Gasteiger partial charge in [0.05, 0.1) is 6.04 Å². The van der Waals surface area contributed by atoms with E-state index in [2.05, 4.69) is 4.90 Å². The number of benzene rings is 1. The number of likely N-dealkylation sites (tertiary alicyclic amines) is 1. The van der Waals surface area contributed by atoms with Gasteiger partial charge in [0, 0.05) is 24.0 Å². The number of nitrogens with two attached hydrogens (primary N) is 1. The number of hydrogen-bond donors (Lipinski definition) is 1. The van der Waals surface area contributed by atoms with Crippen molar-refractivity contribution >= 4 is 29.9 Å². The van der Waals surface area contributed by atoms with E-state index in [9.17, 15) is 4.79 Å². The summed E-state index contributed by atoms with van der Waals surface area (Å²) >= 11 is 5.97. The van der Waals surface area contributed by atoms with Crippen LogP contribution < -0.4 is 5.73 Å². The smallest absolute Gasteiger partial charge is 0.223 e. The van der Waals surface area contributed by atoms with Crippen LogP contribution in [0.15, 0.2) is 24.3 Å². The molecule has 0 saturated carbocycles. The zero-order valence-electron chi connectivity index (χ0n) is 13.1. The van der Waals surface area contributed by atoms with Crippen LogP contribution in [0.25, 0.3) is 0 Å². The zero-order chi connectivity index (χ0) is 15.2. The van der Waals surface area contributed by atoms with Crippen LogP contribution in [0.3, 0.4) is 0 Å². The average Bonchev–Trinajstić information content (AvgIpc) is 2.71. The Kier molecular flexibility index (Phi) is 8.23. The Hall–Kier alpha value is -0.770. The summed E-state index contributed by atoms with van der Waals surface area (Å²) in [5, 5.41) is 0.738. The molecule has 2 rings (SSSR count). The van der Waals surface area contributed by atoms with E-state index in [1.807, 2.05) is 31.2 Å². The first-order valence-corrected chi connectivity index (χ1v) is 8.26. The maximum Gasteiger partial charge on any atom is 0.223 e. The van der Waals surface area contributed by atoms with Gasteiger partial charge in [0.1, 0.15) is 0 Å². The Morgan fingerprint density at radius 2 is 2.00 bits per heavy atom. The Morgan fingerprint density at radius 3 is 2.64 bits per heavy atom.